The highest BCUT2D eigenvalue weighted by Gasteiger charge is 2.33. The average molecular weight is 481 g/mol. The van der Waals surface area contributed by atoms with Crippen LogP contribution in [0.2, 0.25) is 5.02 Å². The van der Waals surface area contributed by atoms with Gasteiger partial charge in [-0.2, -0.15) is 0 Å². The standard InChI is InChI=1S/C26H22ClFN2O4/c1-2-33-23-14-18(12-20(27)24(23)34-16-19-10-6-7-11-21(19)28)13-22-25(31)30(26(32)29-22)15-17-8-4-3-5-9-17/h3-14H,2,15-16H2,1H3,(H,29,32)/b22-13+. The molecular weight excluding hydrogens is 459 g/mol. The van der Waals surface area contributed by atoms with Gasteiger partial charge in [-0.3, -0.25) is 9.69 Å². The maximum absolute atomic E-state index is 13.9. The van der Waals surface area contributed by atoms with Crippen LogP contribution < -0.4 is 14.8 Å². The number of urea groups is 1. The summed E-state index contributed by atoms with van der Waals surface area (Å²) >= 11 is 6.45. The SMILES string of the molecule is CCOc1cc(/C=C2/NC(=O)N(Cc3ccccc3)C2=O)cc(Cl)c1OCc1ccccc1F. The van der Waals surface area contributed by atoms with Crippen LogP contribution in [0, 0.1) is 5.82 Å². The molecule has 3 aromatic rings. The maximum atomic E-state index is 13.9. The summed E-state index contributed by atoms with van der Waals surface area (Å²) in [7, 11) is 0. The molecule has 1 N–H and O–H groups in total. The number of carbonyl (C=O) groups excluding carboxylic acids is 2. The van der Waals surface area contributed by atoms with Gasteiger partial charge in [0.2, 0.25) is 0 Å². The van der Waals surface area contributed by atoms with E-state index >= 15 is 0 Å². The lowest BCUT2D eigenvalue weighted by Gasteiger charge is -2.15. The fourth-order valence-corrected chi connectivity index (χ4v) is 3.76. The molecule has 1 aliphatic heterocycles. The van der Waals surface area contributed by atoms with Crippen LogP contribution >= 0.6 is 11.6 Å². The first-order chi connectivity index (χ1) is 16.5. The summed E-state index contributed by atoms with van der Waals surface area (Å²) in [5.41, 5.74) is 1.88. The number of nitrogens with one attached hydrogen (secondary N) is 1. The maximum Gasteiger partial charge on any atom is 0.329 e. The third-order valence-corrected chi connectivity index (χ3v) is 5.40. The van der Waals surface area contributed by atoms with Crippen LogP contribution in [0.1, 0.15) is 23.6 Å². The van der Waals surface area contributed by atoms with Gasteiger partial charge in [-0.1, -0.05) is 60.1 Å². The first-order valence-corrected chi connectivity index (χ1v) is 11.0. The first kappa shape index (κ1) is 23.3. The van der Waals surface area contributed by atoms with E-state index < -0.39 is 11.9 Å². The van der Waals surface area contributed by atoms with E-state index in [1.54, 1.807) is 30.3 Å². The van der Waals surface area contributed by atoms with Crippen molar-refractivity contribution in [1.29, 1.82) is 0 Å². The van der Waals surface area contributed by atoms with Crippen molar-refractivity contribution in [3.05, 3.63) is 100.0 Å². The number of halogens is 2. The van der Waals surface area contributed by atoms with Crippen LogP contribution in [0.3, 0.4) is 0 Å². The molecule has 34 heavy (non-hydrogen) atoms. The van der Waals surface area contributed by atoms with Gasteiger partial charge in [0, 0.05) is 5.56 Å². The number of benzene rings is 3. The Morgan fingerprint density at radius 1 is 1.03 bits per heavy atom. The Morgan fingerprint density at radius 2 is 1.76 bits per heavy atom. The van der Waals surface area contributed by atoms with E-state index in [1.807, 2.05) is 37.3 Å². The van der Waals surface area contributed by atoms with Crippen molar-refractivity contribution in [2.24, 2.45) is 0 Å². The summed E-state index contributed by atoms with van der Waals surface area (Å²) in [4.78, 5) is 26.3. The van der Waals surface area contributed by atoms with Gasteiger partial charge < -0.3 is 14.8 Å². The Balaban J connectivity index is 1.56. The van der Waals surface area contributed by atoms with Gasteiger partial charge in [-0.25, -0.2) is 9.18 Å². The van der Waals surface area contributed by atoms with Gasteiger partial charge in [0.1, 0.15) is 18.1 Å². The molecule has 4 rings (SSSR count). The number of ether oxygens (including phenoxy) is 2. The van der Waals surface area contributed by atoms with Gasteiger partial charge in [0.05, 0.1) is 18.2 Å². The largest absolute Gasteiger partial charge is 0.490 e. The van der Waals surface area contributed by atoms with Crippen LogP contribution in [0.15, 0.2) is 72.4 Å². The summed E-state index contributed by atoms with van der Waals surface area (Å²) in [6, 6.07) is 18.3. The number of amides is 3. The van der Waals surface area contributed by atoms with E-state index in [1.165, 1.54) is 12.1 Å². The molecule has 6 nitrogen and oxygen atoms in total. The van der Waals surface area contributed by atoms with Gasteiger partial charge in [-0.05, 0) is 42.3 Å². The fourth-order valence-electron chi connectivity index (χ4n) is 3.49. The molecule has 0 atom stereocenters. The highest BCUT2D eigenvalue weighted by atomic mass is 35.5. The molecule has 0 radical (unpaired) electrons. The van der Waals surface area contributed by atoms with Gasteiger partial charge >= 0.3 is 6.03 Å². The third-order valence-electron chi connectivity index (χ3n) is 5.12. The van der Waals surface area contributed by atoms with Crippen LogP contribution in [0.5, 0.6) is 11.5 Å². The van der Waals surface area contributed by atoms with Crippen LogP contribution in [-0.2, 0) is 17.9 Å². The Bertz CT molecular complexity index is 1250. The first-order valence-electron chi connectivity index (χ1n) is 10.7. The predicted octanol–water partition coefficient (Wildman–Crippen LogP) is 5.55. The zero-order chi connectivity index (χ0) is 24.1. The molecule has 0 aromatic heterocycles. The molecule has 0 unspecified atom stereocenters. The molecule has 0 saturated carbocycles. The fraction of sp³-hybridized carbons (Fsp3) is 0.154. The molecule has 1 aliphatic rings. The molecule has 3 aromatic carbocycles. The molecule has 0 aliphatic carbocycles. The minimum absolute atomic E-state index is 0.0319. The predicted molar refractivity (Wildman–Crippen MR) is 127 cm³/mol. The molecule has 1 heterocycles. The van der Waals surface area contributed by atoms with Gasteiger partial charge in [0.25, 0.3) is 5.91 Å². The van der Waals surface area contributed by atoms with E-state index in [-0.39, 0.29) is 35.4 Å². The molecule has 174 valence electrons. The number of hydrogen-bond acceptors (Lipinski definition) is 4. The van der Waals surface area contributed by atoms with Gasteiger partial charge in [0.15, 0.2) is 11.5 Å². The van der Waals surface area contributed by atoms with Crippen molar-refractivity contribution >= 4 is 29.6 Å². The topological polar surface area (TPSA) is 67.9 Å². The van der Waals surface area contributed by atoms with Crippen molar-refractivity contribution in [2.75, 3.05) is 6.61 Å². The van der Waals surface area contributed by atoms with Crippen LogP contribution in [0.4, 0.5) is 9.18 Å². The van der Waals surface area contributed by atoms with Crippen molar-refractivity contribution in [1.82, 2.24) is 10.2 Å². The Morgan fingerprint density at radius 3 is 2.50 bits per heavy atom. The van der Waals surface area contributed by atoms with Crippen molar-refractivity contribution in [3.63, 3.8) is 0 Å². The van der Waals surface area contributed by atoms with Crippen LogP contribution in [0.25, 0.3) is 6.08 Å². The van der Waals surface area contributed by atoms with Crippen molar-refractivity contribution in [2.45, 2.75) is 20.1 Å². The van der Waals surface area contributed by atoms with E-state index in [0.29, 0.717) is 23.5 Å². The van der Waals surface area contributed by atoms with E-state index in [4.69, 9.17) is 21.1 Å². The lowest BCUT2D eigenvalue weighted by Crippen LogP contribution is -2.30. The number of rotatable bonds is 8. The molecular formula is C26H22ClFN2O4. The molecule has 0 bridgehead atoms. The van der Waals surface area contributed by atoms with E-state index in [0.717, 1.165) is 10.5 Å². The second-order valence-electron chi connectivity index (χ2n) is 7.51. The summed E-state index contributed by atoms with van der Waals surface area (Å²) < 4.78 is 25.4. The van der Waals surface area contributed by atoms with Gasteiger partial charge in [-0.15, -0.1) is 0 Å². The molecule has 8 heteroatoms. The minimum Gasteiger partial charge on any atom is -0.490 e. The van der Waals surface area contributed by atoms with E-state index in [2.05, 4.69) is 5.32 Å². The van der Waals surface area contributed by atoms with Crippen molar-refractivity contribution in [3.8, 4) is 11.5 Å². The lowest BCUT2D eigenvalue weighted by molar-refractivity contribution is -0.123. The number of nitrogens with zero attached hydrogens (tertiary/aromatic N) is 1. The molecule has 1 saturated heterocycles. The summed E-state index contributed by atoms with van der Waals surface area (Å²) in [6.45, 7) is 2.28. The Kier molecular flexibility index (Phi) is 7.13. The van der Waals surface area contributed by atoms with Crippen molar-refractivity contribution < 1.29 is 23.5 Å². The highest BCUT2D eigenvalue weighted by Crippen LogP contribution is 2.38. The molecule has 0 spiro atoms. The molecule has 3 amide bonds. The monoisotopic (exact) mass is 480 g/mol. The smallest absolute Gasteiger partial charge is 0.329 e. The highest BCUT2D eigenvalue weighted by molar-refractivity contribution is 6.32. The average Bonchev–Trinajstić information content (AvgIpc) is 3.08. The second-order valence-corrected chi connectivity index (χ2v) is 7.92. The third kappa shape index (κ3) is 5.21. The minimum atomic E-state index is -0.499. The second kappa shape index (κ2) is 10.4. The zero-order valence-electron chi connectivity index (χ0n) is 18.4. The zero-order valence-corrected chi connectivity index (χ0v) is 19.1. The number of carbonyl (C=O) groups is 2. The lowest BCUT2D eigenvalue weighted by atomic mass is 10.1. The number of imide groups is 1. The molecule has 1 fully saturated rings. The quantitative estimate of drug-likeness (QED) is 0.339. The van der Waals surface area contributed by atoms with Crippen LogP contribution in [-0.4, -0.2) is 23.4 Å². The summed E-state index contributed by atoms with van der Waals surface area (Å²) in [5, 5.41) is 2.83. The Hall–Kier alpha value is -3.84. The summed E-state index contributed by atoms with van der Waals surface area (Å²) in [5.74, 6) is -0.214. The number of hydrogen-bond donors (Lipinski definition) is 1. The summed E-state index contributed by atoms with van der Waals surface area (Å²) in [6.07, 6.45) is 1.53. The normalized spacial score (nSPS) is 14.4. The Labute approximate surface area is 201 Å². The van der Waals surface area contributed by atoms with E-state index in [9.17, 15) is 14.0 Å².